The van der Waals surface area contributed by atoms with Crippen molar-refractivity contribution in [3.63, 3.8) is 0 Å². The van der Waals surface area contributed by atoms with Gasteiger partial charge in [-0.3, -0.25) is 0 Å². The molecule has 0 atom stereocenters. The van der Waals surface area contributed by atoms with Gasteiger partial charge in [-0.15, -0.1) is 0 Å². The SMILES string of the molecule is COc1ccc(S(=O)(=O)NCCNCc2nc(Cc3ccccc3C)ns2)cc1. The van der Waals surface area contributed by atoms with Gasteiger partial charge in [0, 0.05) is 26.1 Å². The van der Waals surface area contributed by atoms with Crippen LogP contribution in [0.25, 0.3) is 0 Å². The van der Waals surface area contributed by atoms with E-state index in [0.717, 1.165) is 10.8 Å². The second kappa shape index (κ2) is 9.93. The summed E-state index contributed by atoms with van der Waals surface area (Å²) in [5, 5.41) is 4.07. The van der Waals surface area contributed by atoms with Crippen LogP contribution in [0.3, 0.4) is 0 Å². The average Bonchev–Trinajstić information content (AvgIpc) is 3.17. The predicted octanol–water partition coefficient (Wildman–Crippen LogP) is 2.51. The molecule has 0 saturated carbocycles. The van der Waals surface area contributed by atoms with E-state index in [-0.39, 0.29) is 11.4 Å². The molecular weight excluding hydrogens is 408 g/mol. The van der Waals surface area contributed by atoms with E-state index in [2.05, 4.69) is 38.5 Å². The van der Waals surface area contributed by atoms with E-state index in [0.29, 0.717) is 25.3 Å². The molecule has 2 aromatic carbocycles. The second-order valence-corrected chi connectivity index (χ2v) is 9.06. The number of sulfonamides is 1. The minimum Gasteiger partial charge on any atom is -0.497 e. The molecular formula is C20H24N4O3S2. The first kappa shape index (κ1) is 21.4. The molecule has 0 spiro atoms. The van der Waals surface area contributed by atoms with E-state index >= 15 is 0 Å². The van der Waals surface area contributed by atoms with E-state index in [9.17, 15) is 8.42 Å². The fraction of sp³-hybridized carbons (Fsp3) is 0.300. The van der Waals surface area contributed by atoms with Gasteiger partial charge in [-0.1, -0.05) is 24.3 Å². The van der Waals surface area contributed by atoms with Gasteiger partial charge in [0.05, 0.1) is 12.0 Å². The molecule has 0 fully saturated rings. The minimum absolute atomic E-state index is 0.211. The molecule has 0 bridgehead atoms. The minimum atomic E-state index is -3.54. The van der Waals surface area contributed by atoms with Crippen LogP contribution in [0.2, 0.25) is 0 Å². The molecule has 0 radical (unpaired) electrons. The Bertz CT molecular complexity index is 1030. The summed E-state index contributed by atoms with van der Waals surface area (Å²) in [6, 6.07) is 14.5. The zero-order valence-corrected chi connectivity index (χ0v) is 18.0. The molecule has 154 valence electrons. The van der Waals surface area contributed by atoms with Crippen LogP contribution in [0.15, 0.2) is 53.4 Å². The van der Waals surface area contributed by atoms with Gasteiger partial charge in [-0.25, -0.2) is 18.1 Å². The molecule has 0 aliphatic heterocycles. The smallest absolute Gasteiger partial charge is 0.240 e. The number of nitrogens with one attached hydrogen (secondary N) is 2. The number of rotatable bonds is 10. The lowest BCUT2D eigenvalue weighted by molar-refractivity contribution is 0.414. The average molecular weight is 433 g/mol. The molecule has 29 heavy (non-hydrogen) atoms. The highest BCUT2D eigenvalue weighted by Gasteiger charge is 2.13. The van der Waals surface area contributed by atoms with Gasteiger partial charge in [0.2, 0.25) is 10.0 Å². The van der Waals surface area contributed by atoms with Crippen LogP contribution in [0.1, 0.15) is 22.0 Å². The monoisotopic (exact) mass is 432 g/mol. The van der Waals surface area contributed by atoms with Crippen molar-refractivity contribution >= 4 is 21.6 Å². The fourth-order valence-corrected chi connectivity index (χ4v) is 4.38. The van der Waals surface area contributed by atoms with Gasteiger partial charge in [0.15, 0.2) is 0 Å². The van der Waals surface area contributed by atoms with Gasteiger partial charge in [-0.2, -0.15) is 4.37 Å². The summed E-state index contributed by atoms with van der Waals surface area (Å²) in [4.78, 5) is 4.76. The van der Waals surface area contributed by atoms with Gasteiger partial charge in [-0.05, 0) is 53.8 Å². The lowest BCUT2D eigenvalue weighted by atomic mass is 10.1. The lowest BCUT2D eigenvalue weighted by Gasteiger charge is -2.08. The number of ether oxygens (including phenoxy) is 1. The number of methoxy groups -OCH3 is 1. The molecule has 0 aliphatic carbocycles. The number of benzene rings is 2. The lowest BCUT2D eigenvalue weighted by Crippen LogP contribution is -2.31. The Labute approximate surface area is 175 Å². The molecule has 0 saturated heterocycles. The molecule has 7 nitrogen and oxygen atoms in total. The maximum Gasteiger partial charge on any atom is 0.240 e. The van der Waals surface area contributed by atoms with Crippen molar-refractivity contribution in [3.05, 3.63) is 70.5 Å². The van der Waals surface area contributed by atoms with Crippen LogP contribution in [-0.4, -0.2) is 38.0 Å². The zero-order valence-electron chi connectivity index (χ0n) is 16.4. The van der Waals surface area contributed by atoms with E-state index in [1.807, 2.05) is 12.1 Å². The molecule has 9 heteroatoms. The second-order valence-electron chi connectivity index (χ2n) is 6.46. The van der Waals surface area contributed by atoms with Crippen LogP contribution in [-0.2, 0) is 23.0 Å². The Hall–Kier alpha value is -2.33. The quantitative estimate of drug-likeness (QED) is 0.478. The topological polar surface area (TPSA) is 93.2 Å². The van der Waals surface area contributed by atoms with Crippen LogP contribution >= 0.6 is 11.5 Å². The van der Waals surface area contributed by atoms with Crippen molar-refractivity contribution in [1.82, 2.24) is 19.4 Å². The fourth-order valence-electron chi connectivity index (χ4n) is 2.72. The van der Waals surface area contributed by atoms with Crippen molar-refractivity contribution in [2.24, 2.45) is 0 Å². The van der Waals surface area contributed by atoms with Crippen molar-refractivity contribution < 1.29 is 13.2 Å². The Morgan fingerprint density at radius 3 is 2.55 bits per heavy atom. The van der Waals surface area contributed by atoms with Crippen molar-refractivity contribution in [1.29, 1.82) is 0 Å². The first-order valence-electron chi connectivity index (χ1n) is 9.18. The third-order valence-corrected chi connectivity index (χ3v) is 6.59. The molecule has 0 aliphatic rings. The van der Waals surface area contributed by atoms with Crippen LogP contribution in [0.5, 0.6) is 5.75 Å². The zero-order chi connectivity index (χ0) is 20.7. The molecule has 3 aromatic rings. The highest BCUT2D eigenvalue weighted by atomic mass is 32.2. The normalized spacial score (nSPS) is 11.5. The summed E-state index contributed by atoms with van der Waals surface area (Å²) in [5.41, 5.74) is 2.45. The van der Waals surface area contributed by atoms with Crippen LogP contribution < -0.4 is 14.8 Å². The van der Waals surface area contributed by atoms with Gasteiger partial charge < -0.3 is 10.1 Å². The number of aromatic nitrogens is 2. The molecule has 1 heterocycles. The summed E-state index contributed by atoms with van der Waals surface area (Å²) < 4.78 is 36.6. The van der Waals surface area contributed by atoms with Gasteiger partial charge in [0.1, 0.15) is 16.6 Å². The summed E-state index contributed by atoms with van der Waals surface area (Å²) in [6.07, 6.45) is 0.713. The third kappa shape index (κ3) is 6.07. The molecule has 3 rings (SSSR count). The number of aryl methyl sites for hydroxylation is 1. The van der Waals surface area contributed by atoms with Crippen molar-refractivity contribution in [2.75, 3.05) is 20.2 Å². The Balaban J connectivity index is 1.42. The van der Waals surface area contributed by atoms with Crippen molar-refractivity contribution in [2.45, 2.75) is 24.8 Å². The molecule has 0 amide bonds. The Kier molecular flexibility index (Phi) is 7.32. The first-order chi connectivity index (χ1) is 14.0. The highest BCUT2D eigenvalue weighted by molar-refractivity contribution is 7.89. The Morgan fingerprint density at radius 2 is 1.83 bits per heavy atom. The summed E-state index contributed by atoms with van der Waals surface area (Å²) >= 11 is 1.36. The van der Waals surface area contributed by atoms with Gasteiger partial charge in [0.25, 0.3) is 0 Å². The highest BCUT2D eigenvalue weighted by Crippen LogP contribution is 2.15. The van der Waals surface area contributed by atoms with E-state index < -0.39 is 10.0 Å². The van der Waals surface area contributed by atoms with E-state index in [1.165, 1.54) is 41.9 Å². The molecule has 2 N–H and O–H groups in total. The number of hydrogen-bond acceptors (Lipinski definition) is 7. The Morgan fingerprint density at radius 1 is 1.07 bits per heavy atom. The summed E-state index contributed by atoms with van der Waals surface area (Å²) in [5.74, 6) is 1.42. The number of hydrogen-bond donors (Lipinski definition) is 2. The van der Waals surface area contributed by atoms with Gasteiger partial charge >= 0.3 is 0 Å². The molecule has 1 aromatic heterocycles. The van der Waals surface area contributed by atoms with Crippen molar-refractivity contribution in [3.8, 4) is 5.75 Å². The largest absolute Gasteiger partial charge is 0.497 e. The van der Waals surface area contributed by atoms with E-state index in [1.54, 1.807) is 12.1 Å². The molecule has 0 unspecified atom stereocenters. The van der Waals surface area contributed by atoms with Crippen LogP contribution in [0, 0.1) is 6.92 Å². The first-order valence-corrected chi connectivity index (χ1v) is 11.4. The maximum atomic E-state index is 12.3. The predicted molar refractivity (Wildman–Crippen MR) is 114 cm³/mol. The maximum absolute atomic E-state index is 12.3. The van der Waals surface area contributed by atoms with E-state index in [4.69, 9.17) is 4.74 Å². The third-order valence-electron chi connectivity index (χ3n) is 4.36. The standard InChI is InChI=1S/C20H24N4O3S2/c1-15-5-3-4-6-16(15)13-19-23-20(28-24-19)14-21-11-12-22-29(25,26)18-9-7-17(27-2)8-10-18/h3-10,21-22H,11-14H2,1-2H3. The number of nitrogens with zero attached hydrogens (tertiary/aromatic N) is 2. The van der Waals surface area contributed by atoms with Crippen LogP contribution in [0.4, 0.5) is 0 Å². The summed E-state index contributed by atoms with van der Waals surface area (Å²) in [6.45, 7) is 3.40. The summed E-state index contributed by atoms with van der Waals surface area (Å²) in [7, 11) is -2.00.